The largest absolute Gasteiger partial charge is 0.301 e. The first-order chi connectivity index (χ1) is 7.04. The number of likely N-dealkylation sites (N-methyl/N-ethyl adjacent to an activating group) is 1. The predicted octanol–water partition coefficient (Wildman–Crippen LogP) is 1.56. The molecule has 1 fully saturated rings. The number of hydrogen-bond donors (Lipinski definition) is 0. The van der Waals surface area contributed by atoms with Crippen LogP contribution in [0.4, 0.5) is 0 Å². The maximum atomic E-state index is 8.82. The first-order valence-electron chi connectivity index (χ1n) is 5.85. The van der Waals surface area contributed by atoms with E-state index in [0.717, 1.165) is 19.6 Å². The third kappa shape index (κ3) is 3.48. The average molecular weight is 209 g/mol. The van der Waals surface area contributed by atoms with Crippen molar-refractivity contribution in [1.82, 2.24) is 9.80 Å². The van der Waals surface area contributed by atoms with Crippen molar-refractivity contribution in [2.75, 3.05) is 26.7 Å². The van der Waals surface area contributed by atoms with Crippen molar-refractivity contribution in [2.45, 2.75) is 39.3 Å². The van der Waals surface area contributed by atoms with Gasteiger partial charge < -0.3 is 4.90 Å². The van der Waals surface area contributed by atoms with E-state index in [1.54, 1.807) is 0 Å². The fraction of sp³-hybridized carbons (Fsp3) is 0.917. The SMILES string of the molecule is CC1CN(C)C(CC#N)CN(C(C)C)C1. The highest BCUT2D eigenvalue weighted by Gasteiger charge is 2.26. The van der Waals surface area contributed by atoms with E-state index in [4.69, 9.17) is 5.26 Å². The fourth-order valence-corrected chi connectivity index (χ4v) is 2.33. The average Bonchev–Trinajstić information content (AvgIpc) is 2.27. The summed E-state index contributed by atoms with van der Waals surface area (Å²) in [6.07, 6.45) is 0.645. The molecule has 0 bridgehead atoms. The van der Waals surface area contributed by atoms with Crippen LogP contribution in [0, 0.1) is 17.2 Å². The van der Waals surface area contributed by atoms with Gasteiger partial charge in [-0.2, -0.15) is 5.26 Å². The van der Waals surface area contributed by atoms with Crippen LogP contribution in [0.3, 0.4) is 0 Å². The van der Waals surface area contributed by atoms with E-state index in [0.29, 0.717) is 24.4 Å². The second-order valence-corrected chi connectivity index (χ2v) is 5.11. The summed E-state index contributed by atoms with van der Waals surface area (Å²) in [5.41, 5.74) is 0. The van der Waals surface area contributed by atoms with Crippen molar-refractivity contribution in [3.63, 3.8) is 0 Å². The quantitative estimate of drug-likeness (QED) is 0.691. The third-order valence-electron chi connectivity index (χ3n) is 3.27. The van der Waals surface area contributed by atoms with E-state index in [1.807, 2.05) is 0 Å². The molecule has 1 aliphatic rings. The van der Waals surface area contributed by atoms with Crippen LogP contribution in [0.2, 0.25) is 0 Å². The topological polar surface area (TPSA) is 30.3 Å². The van der Waals surface area contributed by atoms with E-state index in [-0.39, 0.29) is 0 Å². The van der Waals surface area contributed by atoms with Gasteiger partial charge in [0.05, 0.1) is 12.5 Å². The molecule has 2 atom stereocenters. The van der Waals surface area contributed by atoms with E-state index in [9.17, 15) is 0 Å². The summed E-state index contributed by atoms with van der Waals surface area (Å²) >= 11 is 0. The van der Waals surface area contributed by atoms with Crippen LogP contribution in [0.1, 0.15) is 27.2 Å². The number of rotatable bonds is 2. The molecule has 0 aromatic carbocycles. The molecule has 0 aromatic rings. The Bertz CT molecular complexity index is 232. The first kappa shape index (κ1) is 12.5. The zero-order valence-electron chi connectivity index (χ0n) is 10.4. The van der Waals surface area contributed by atoms with E-state index < -0.39 is 0 Å². The van der Waals surface area contributed by atoms with Crippen molar-refractivity contribution >= 4 is 0 Å². The Kier molecular flexibility index (Phi) is 4.56. The van der Waals surface area contributed by atoms with Crippen LogP contribution in [-0.4, -0.2) is 48.6 Å². The highest BCUT2D eigenvalue weighted by atomic mass is 15.2. The van der Waals surface area contributed by atoms with Crippen LogP contribution < -0.4 is 0 Å². The molecule has 0 radical (unpaired) electrons. The zero-order chi connectivity index (χ0) is 11.4. The molecule has 0 amide bonds. The standard InChI is InChI=1S/C12H23N3/c1-10(2)15-8-11(3)7-14(4)12(9-15)5-6-13/h10-12H,5,7-9H2,1-4H3. The van der Waals surface area contributed by atoms with Gasteiger partial charge in [0.2, 0.25) is 0 Å². The van der Waals surface area contributed by atoms with Crippen molar-refractivity contribution in [1.29, 1.82) is 5.26 Å². The predicted molar refractivity (Wildman–Crippen MR) is 62.5 cm³/mol. The van der Waals surface area contributed by atoms with Crippen LogP contribution in [0.25, 0.3) is 0 Å². The molecule has 1 aliphatic heterocycles. The van der Waals surface area contributed by atoms with E-state index >= 15 is 0 Å². The maximum Gasteiger partial charge on any atom is 0.0638 e. The lowest BCUT2D eigenvalue weighted by Gasteiger charge is -2.29. The van der Waals surface area contributed by atoms with Crippen LogP contribution in [0.5, 0.6) is 0 Å². The summed E-state index contributed by atoms with van der Waals surface area (Å²) in [5, 5.41) is 8.82. The molecule has 0 spiro atoms. The summed E-state index contributed by atoms with van der Waals surface area (Å²) in [4.78, 5) is 4.84. The Hall–Kier alpha value is -0.590. The molecule has 3 heteroatoms. The zero-order valence-corrected chi connectivity index (χ0v) is 10.4. The summed E-state index contributed by atoms with van der Waals surface area (Å²) in [7, 11) is 2.14. The summed E-state index contributed by atoms with van der Waals surface area (Å²) in [5.74, 6) is 0.695. The molecule has 2 unspecified atom stereocenters. The number of nitriles is 1. The molecule has 1 saturated heterocycles. The van der Waals surface area contributed by atoms with Gasteiger partial charge in [0.1, 0.15) is 0 Å². The monoisotopic (exact) mass is 209 g/mol. The maximum absolute atomic E-state index is 8.82. The molecule has 86 valence electrons. The molecule has 3 nitrogen and oxygen atoms in total. The molecule has 1 rings (SSSR count). The molecular weight excluding hydrogens is 186 g/mol. The molecule has 1 heterocycles. The Morgan fingerprint density at radius 1 is 1.33 bits per heavy atom. The molecule has 0 aromatic heterocycles. The molecule has 0 saturated carbocycles. The van der Waals surface area contributed by atoms with Gasteiger partial charge in [-0.05, 0) is 26.8 Å². The second-order valence-electron chi connectivity index (χ2n) is 5.11. The van der Waals surface area contributed by atoms with Gasteiger partial charge in [0.25, 0.3) is 0 Å². The van der Waals surface area contributed by atoms with Gasteiger partial charge in [-0.25, -0.2) is 0 Å². The van der Waals surface area contributed by atoms with Gasteiger partial charge in [-0.1, -0.05) is 6.92 Å². The Labute approximate surface area is 93.7 Å². The third-order valence-corrected chi connectivity index (χ3v) is 3.27. The number of hydrogen-bond acceptors (Lipinski definition) is 3. The number of nitrogens with zero attached hydrogens (tertiary/aromatic N) is 3. The first-order valence-corrected chi connectivity index (χ1v) is 5.85. The van der Waals surface area contributed by atoms with Crippen molar-refractivity contribution in [3.8, 4) is 6.07 Å². The van der Waals surface area contributed by atoms with Gasteiger partial charge >= 0.3 is 0 Å². The molecular formula is C12H23N3. The minimum Gasteiger partial charge on any atom is -0.301 e. The van der Waals surface area contributed by atoms with Crippen LogP contribution in [-0.2, 0) is 0 Å². The molecule has 0 N–H and O–H groups in total. The van der Waals surface area contributed by atoms with Gasteiger partial charge in [0, 0.05) is 31.7 Å². The lowest BCUT2D eigenvalue weighted by Crippen LogP contribution is -2.41. The normalized spacial score (nSPS) is 30.1. The van der Waals surface area contributed by atoms with Gasteiger partial charge in [-0.3, -0.25) is 4.90 Å². The fourth-order valence-electron chi connectivity index (χ4n) is 2.33. The molecule has 0 aliphatic carbocycles. The summed E-state index contributed by atoms with van der Waals surface area (Å²) in [6.45, 7) is 10.1. The lowest BCUT2D eigenvalue weighted by molar-refractivity contribution is 0.181. The second kappa shape index (κ2) is 5.48. The van der Waals surface area contributed by atoms with Crippen molar-refractivity contribution in [2.24, 2.45) is 5.92 Å². The Morgan fingerprint density at radius 3 is 2.53 bits per heavy atom. The minimum absolute atomic E-state index is 0.405. The van der Waals surface area contributed by atoms with Crippen LogP contribution >= 0.6 is 0 Å². The summed E-state index contributed by atoms with van der Waals surface area (Å²) < 4.78 is 0. The van der Waals surface area contributed by atoms with E-state index in [1.165, 1.54) is 0 Å². The minimum atomic E-state index is 0.405. The highest BCUT2D eigenvalue weighted by Crippen LogP contribution is 2.16. The van der Waals surface area contributed by atoms with Gasteiger partial charge in [-0.15, -0.1) is 0 Å². The van der Waals surface area contributed by atoms with Crippen molar-refractivity contribution in [3.05, 3.63) is 0 Å². The summed E-state index contributed by atoms with van der Waals surface area (Å²) in [6, 6.07) is 3.29. The highest BCUT2D eigenvalue weighted by molar-refractivity contribution is 4.88. The Balaban J connectivity index is 2.68. The lowest BCUT2D eigenvalue weighted by atomic mass is 10.1. The smallest absolute Gasteiger partial charge is 0.0638 e. The van der Waals surface area contributed by atoms with Gasteiger partial charge in [0.15, 0.2) is 0 Å². The molecule has 15 heavy (non-hydrogen) atoms. The van der Waals surface area contributed by atoms with Crippen molar-refractivity contribution < 1.29 is 0 Å². The van der Waals surface area contributed by atoms with E-state index in [2.05, 4.69) is 43.7 Å². The Morgan fingerprint density at radius 2 is 2.00 bits per heavy atom. The van der Waals surface area contributed by atoms with Crippen LogP contribution in [0.15, 0.2) is 0 Å².